The highest BCUT2D eigenvalue weighted by Gasteiger charge is 2.08. The Bertz CT molecular complexity index is 517. The van der Waals surface area contributed by atoms with E-state index in [1.54, 1.807) is 18.2 Å². The van der Waals surface area contributed by atoms with E-state index in [0.717, 1.165) is 18.5 Å². The number of hydrogen-bond acceptors (Lipinski definition) is 2. The van der Waals surface area contributed by atoms with Crippen molar-refractivity contribution in [2.45, 2.75) is 19.6 Å². The van der Waals surface area contributed by atoms with Crippen molar-refractivity contribution in [3.63, 3.8) is 0 Å². The van der Waals surface area contributed by atoms with Gasteiger partial charge in [-0.3, -0.25) is 0 Å². The third-order valence-electron chi connectivity index (χ3n) is 2.94. The summed E-state index contributed by atoms with van der Waals surface area (Å²) >= 11 is 0. The third-order valence-corrected chi connectivity index (χ3v) is 2.94. The SMILES string of the molecule is FC(F)Oc1ccccc1CNCCc1ccccc1. The van der Waals surface area contributed by atoms with E-state index in [1.807, 2.05) is 24.3 Å². The molecule has 0 bridgehead atoms. The van der Waals surface area contributed by atoms with Gasteiger partial charge in [0.2, 0.25) is 0 Å². The minimum absolute atomic E-state index is 0.231. The van der Waals surface area contributed by atoms with Crippen LogP contribution in [0.2, 0.25) is 0 Å². The summed E-state index contributed by atoms with van der Waals surface area (Å²) in [6.45, 7) is -1.50. The average molecular weight is 277 g/mol. The van der Waals surface area contributed by atoms with Crippen molar-refractivity contribution in [1.29, 1.82) is 0 Å². The Balaban J connectivity index is 1.82. The van der Waals surface area contributed by atoms with Gasteiger partial charge in [0.25, 0.3) is 0 Å². The van der Waals surface area contributed by atoms with Gasteiger partial charge in [-0.1, -0.05) is 48.5 Å². The average Bonchev–Trinajstić information content (AvgIpc) is 2.46. The molecule has 0 atom stereocenters. The molecule has 4 heteroatoms. The zero-order chi connectivity index (χ0) is 14.2. The van der Waals surface area contributed by atoms with Crippen LogP contribution in [0.15, 0.2) is 54.6 Å². The Morgan fingerprint density at radius 2 is 1.65 bits per heavy atom. The van der Waals surface area contributed by atoms with Crippen molar-refractivity contribution in [1.82, 2.24) is 5.32 Å². The summed E-state index contributed by atoms with van der Waals surface area (Å²) in [5.74, 6) is 0.231. The third kappa shape index (κ3) is 4.63. The Morgan fingerprint density at radius 1 is 0.950 bits per heavy atom. The number of nitrogens with one attached hydrogen (secondary N) is 1. The van der Waals surface area contributed by atoms with Gasteiger partial charge in [-0.05, 0) is 24.6 Å². The van der Waals surface area contributed by atoms with E-state index in [1.165, 1.54) is 5.56 Å². The predicted octanol–water partition coefficient (Wildman–Crippen LogP) is 3.62. The van der Waals surface area contributed by atoms with E-state index < -0.39 is 6.61 Å². The molecular weight excluding hydrogens is 260 g/mol. The van der Waals surface area contributed by atoms with E-state index in [9.17, 15) is 8.78 Å². The lowest BCUT2D eigenvalue weighted by molar-refractivity contribution is -0.0504. The van der Waals surface area contributed by atoms with Gasteiger partial charge in [-0.25, -0.2) is 0 Å². The van der Waals surface area contributed by atoms with Gasteiger partial charge in [-0.15, -0.1) is 0 Å². The first-order chi connectivity index (χ1) is 9.75. The maximum atomic E-state index is 12.3. The van der Waals surface area contributed by atoms with Gasteiger partial charge < -0.3 is 10.1 Å². The molecule has 2 aromatic carbocycles. The topological polar surface area (TPSA) is 21.3 Å². The van der Waals surface area contributed by atoms with E-state index in [2.05, 4.69) is 22.2 Å². The lowest BCUT2D eigenvalue weighted by Gasteiger charge is -2.11. The standard InChI is InChI=1S/C16H17F2NO/c17-16(18)20-15-9-5-4-8-14(15)12-19-11-10-13-6-2-1-3-7-13/h1-9,16,19H,10-12H2. The summed E-state index contributed by atoms with van der Waals surface area (Å²) in [4.78, 5) is 0. The highest BCUT2D eigenvalue weighted by Crippen LogP contribution is 2.19. The molecule has 0 amide bonds. The minimum Gasteiger partial charge on any atom is -0.434 e. The Kier molecular flexibility index (Phi) is 5.50. The molecule has 2 nitrogen and oxygen atoms in total. The smallest absolute Gasteiger partial charge is 0.387 e. The molecule has 0 unspecified atom stereocenters. The summed E-state index contributed by atoms with van der Waals surface area (Å²) in [6, 6.07) is 17.0. The molecule has 1 N–H and O–H groups in total. The van der Waals surface area contributed by atoms with Crippen molar-refractivity contribution in [2.24, 2.45) is 0 Å². The van der Waals surface area contributed by atoms with Gasteiger partial charge in [-0.2, -0.15) is 8.78 Å². The van der Waals surface area contributed by atoms with Crippen LogP contribution in [0, 0.1) is 0 Å². The zero-order valence-corrected chi connectivity index (χ0v) is 11.1. The number of benzene rings is 2. The second-order valence-electron chi connectivity index (χ2n) is 4.40. The van der Waals surface area contributed by atoms with E-state index in [4.69, 9.17) is 0 Å². The van der Waals surface area contributed by atoms with E-state index in [0.29, 0.717) is 6.54 Å². The number of hydrogen-bond donors (Lipinski definition) is 1. The Morgan fingerprint density at radius 3 is 2.40 bits per heavy atom. The molecule has 0 aromatic heterocycles. The molecule has 106 valence electrons. The molecular formula is C16H17F2NO. The van der Waals surface area contributed by atoms with Crippen LogP contribution in [0.4, 0.5) is 8.78 Å². The minimum atomic E-state index is -2.79. The summed E-state index contributed by atoms with van der Waals surface area (Å²) in [7, 11) is 0. The van der Waals surface area contributed by atoms with Crippen LogP contribution in [0.1, 0.15) is 11.1 Å². The molecule has 2 aromatic rings. The van der Waals surface area contributed by atoms with Crippen LogP contribution in [-0.2, 0) is 13.0 Å². The molecule has 0 heterocycles. The number of halogens is 2. The lowest BCUT2D eigenvalue weighted by atomic mass is 10.1. The van der Waals surface area contributed by atoms with Crippen LogP contribution >= 0.6 is 0 Å². The molecule has 0 aliphatic carbocycles. The largest absolute Gasteiger partial charge is 0.434 e. The number of rotatable bonds is 7. The highest BCUT2D eigenvalue weighted by molar-refractivity contribution is 5.33. The molecule has 0 saturated carbocycles. The molecule has 2 rings (SSSR count). The molecule has 0 aliphatic rings. The summed E-state index contributed by atoms with van der Waals surface area (Å²) in [5, 5.41) is 3.24. The molecule has 0 fully saturated rings. The summed E-state index contributed by atoms with van der Waals surface area (Å²) in [5.41, 5.74) is 1.98. The zero-order valence-electron chi connectivity index (χ0n) is 11.1. The fraction of sp³-hybridized carbons (Fsp3) is 0.250. The maximum absolute atomic E-state index is 12.3. The number of ether oxygens (including phenoxy) is 1. The number of alkyl halides is 2. The molecule has 0 saturated heterocycles. The Labute approximate surface area is 117 Å². The van der Waals surface area contributed by atoms with Crippen LogP contribution in [0.25, 0.3) is 0 Å². The van der Waals surface area contributed by atoms with Gasteiger partial charge in [0.1, 0.15) is 5.75 Å². The van der Waals surface area contributed by atoms with Gasteiger partial charge in [0.15, 0.2) is 0 Å². The highest BCUT2D eigenvalue weighted by atomic mass is 19.3. The quantitative estimate of drug-likeness (QED) is 0.780. The normalized spacial score (nSPS) is 10.8. The second kappa shape index (κ2) is 7.60. The Hall–Kier alpha value is -1.94. The fourth-order valence-electron chi connectivity index (χ4n) is 1.96. The van der Waals surface area contributed by atoms with Gasteiger partial charge >= 0.3 is 6.61 Å². The predicted molar refractivity (Wildman–Crippen MR) is 74.9 cm³/mol. The molecule has 20 heavy (non-hydrogen) atoms. The van der Waals surface area contributed by atoms with E-state index in [-0.39, 0.29) is 5.75 Å². The first-order valence-corrected chi connectivity index (χ1v) is 6.53. The lowest BCUT2D eigenvalue weighted by Crippen LogP contribution is -2.17. The van der Waals surface area contributed by atoms with Crippen LogP contribution in [0.5, 0.6) is 5.75 Å². The first-order valence-electron chi connectivity index (χ1n) is 6.53. The van der Waals surface area contributed by atoms with Crippen molar-refractivity contribution in [3.8, 4) is 5.75 Å². The van der Waals surface area contributed by atoms with Gasteiger partial charge in [0, 0.05) is 12.1 Å². The van der Waals surface area contributed by atoms with Gasteiger partial charge in [0.05, 0.1) is 0 Å². The first kappa shape index (κ1) is 14.5. The molecule has 0 radical (unpaired) electrons. The van der Waals surface area contributed by atoms with Crippen LogP contribution < -0.4 is 10.1 Å². The summed E-state index contributed by atoms with van der Waals surface area (Å²) in [6.07, 6.45) is 0.901. The molecule has 0 spiro atoms. The van der Waals surface area contributed by atoms with Crippen molar-refractivity contribution >= 4 is 0 Å². The van der Waals surface area contributed by atoms with E-state index >= 15 is 0 Å². The summed E-state index contributed by atoms with van der Waals surface area (Å²) < 4.78 is 29.0. The molecule has 0 aliphatic heterocycles. The second-order valence-corrected chi connectivity index (χ2v) is 4.40. The monoisotopic (exact) mass is 277 g/mol. The van der Waals surface area contributed by atoms with Crippen LogP contribution in [0.3, 0.4) is 0 Å². The van der Waals surface area contributed by atoms with Crippen molar-refractivity contribution in [3.05, 3.63) is 65.7 Å². The maximum Gasteiger partial charge on any atom is 0.387 e. The van der Waals surface area contributed by atoms with Crippen molar-refractivity contribution < 1.29 is 13.5 Å². The van der Waals surface area contributed by atoms with Crippen molar-refractivity contribution in [2.75, 3.05) is 6.54 Å². The number of para-hydroxylation sites is 1. The fourth-order valence-corrected chi connectivity index (χ4v) is 1.96. The van der Waals surface area contributed by atoms with Crippen LogP contribution in [-0.4, -0.2) is 13.2 Å².